The van der Waals surface area contributed by atoms with Gasteiger partial charge in [-0.2, -0.15) is 0 Å². The maximum atomic E-state index is 12.0. The van der Waals surface area contributed by atoms with Crippen LogP contribution >= 0.6 is 15.2 Å². The van der Waals surface area contributed by atoms with Gasteiger partial charge in [0.2, 0.25) is 0 Å². The second-order valence-electron chi connectivity index (χ2n) is 7.03. The fourth-order valence-electron chi connectivity index (χ4n) is 3.31. The van der Waals surface area contributed by atoms with E-state index in [1.165, 1.54) is 13.8 Å². The van der Waals surface area contributed by atoms with Crippen molar-refractivity contribution in [2.24, 2.45) is 0 Å². The molecular formula is C19H27NO6P2. The summed E-state index contributed by atoms with van der Waals surface area (Å²) in [5, 5.41) is 0. The molecular weight excluding hydrogens is 400 g/mol. The van der Waals surface area contributed by atoms with Crippen molar-refractivity contribution in [1.82, 2.24) is 4.90 Å². The molecule has 2 aromatic rings. The van der Waals surface area contributed by atoms with Crippen molar-refractivity contribution in [2.75, 3.05) is 0 Å². The average molecular weight is 427 g/mol. The first-order valence-electron chi connectivity index (χ1n) is 8.92. The van der Waals surface area contributed by atoms with Crippen LogP contribution in [-0.4, -0.2) is 41.8 Å². The van der Waals surface area contributed by atoms with Crippen molar-refractivity contribution in [1.29, 1.82) is 0 Å². The highest BCUT2D eigenvalue weighted by Crippen LogP contribution is 2.52. The van der Waals surface area contributed by atoms with Crippen LogP contribution in [-0.2, 0) is 22.2 Å². The molecule has 154 valence electrons. The van der Waals surface area contributed by atoms with Crippen LogP contribution in [0.4, 0.5) is 0 Å². The SMILES string of the molecule is CC(C(C(C)P(=O)(O)O)N(Cc1ccccc1)Cc1ccccc1)P(=O)(O)O. The molecule has 0 fully saturated rings. The van der Waals surface area contributed by atoms with Crippen molar-refractivity contribution in [3.8, 4) is 0 Å². The zero-order chi connectivity index (χ0) is 20.9. The van der Waals surface area contributed by atoms with Crippen molar-refractivity contribution in [2.45, 2.75) is 44.3 Å². The summed E-state index contributed by atoms with van der Waals surface area (Å²) in [6.45, 7) is 3.30. The molecule has 0 aromatic heterocycles. The number of rotatable bonds is 9. The van der Waals surface area contributed by atoms with E-state index in [0.717, 1.165) is 11.1 Å². The Balaban J connectivity index is 2.49. The van der Waals surface area contributed by atoms with E-state index in [0.29, 0.717) is 13.1 Å². The Bertz CT molecular complexity index is 767. The molecule has 0 amide bonds. The number of benzene rings is 2. The Morgan fingerprint density at radius 2 is 1.04 bits per heavy atom. The van der Waals surface area contributed by atoms with Crippen LogP contribution in [0, 0.1) is 0 Å². The highest BCUT2D eigenvalue weighted by Gasteiger charge is 2.44. The number of hydrogen-bond donors (Lipinski definition) is 4. The highest BCUT2D eigenvalue weighted by atomic mass is 31.2. The van der Waals surface area contributed by atoms with Gasteiger partial charge in [-0.15, -0.1) is 0 Å². The average Bonchev–Trinajstić information content (AvgIpc) is 2.62. The molecule has 0 aliphatic heterocycles. The standard InChI is InChI=1S/C19H27NO6P2/c1-15(27(21,22)23)19(16(2)28(24,25)26)20(13-17-9-5-3-6-10-17)14-18-11-7-4-8-12-18/h3-12,15-16,19H,13-14H2,1-2H3,(H2,21,22,23)(H2,24,25,26). The summed E-state index contributed by atoms with van der Waals surface area (Å²) in [6.07, 6.45) is 0. The highest BCUT2D eigenvalue weighted by molar-refractivity contribution is 7.53. The Morgan fingerprint density at radius 1 is 0.714 bits per heavy atom. The first-order chi connectivity index (χ1) is 13.0. The van der Waals surface area contributed by atoms with Crippen LogP contribution in [0.5, 0.6) is 0 Å². The van der Waals surface area contributed by atoms with Crippen molar-refractivity contribution < 1.29 is 28.7 Å². The molecule has 0 bridgehead atoms. The lowest BCUT2D eigenvalue weighted by Gasteiger charge is -2.39. The molecule has 2 aromatic carbocycles. The molecule has 2 atom stereocenters. The second-order valence-corrected chi connectivity index (χ2v) is 11.0. The van der Waals surface area contributed by atoms with E-state index >= 15 is 0 Å². The quantitative estimate of drug-likeness (QED) is 0.454. The van der Waals surface area contributed by atoms with Crippen LogP contribution in [0.2, 0.25) is 0 Å². The number of hydrogen-bond acceptors (Lipinski definition) is 3. The third kappa shape index (κ3) is 6.36. The van der Waals surface area contributed by atoms with E-state index in [1.54, 1.807) is 4.90 Å². The molecule has 2 unspecified atom stereocenters. The van der Waals surface area contributed by atoms with Crippen molar-refractivity contribution >= 4 is 15.2 Å². The maximum Gasteiger partial charge on any atom is 0.329 e. The van der Waals surface area contributed by atoms with Gasteiger partial charge in [-0.3, -0.25) is 14.0 Å². The van der Waals surface area contributed by atoms with Crippen molar-refractivity contribution in [3.63, 3.8) is 0 Å². The van der Waals surface area contributed by atoms with Crippen LogP contribution in [0.15, 0.2) is 60.7 Å². The molecule has 4 N–H and O–H groups in total. The Labute approximate surface area is 165 Å². The third-order valence-corrected chi connectivity index (χ3v) is 7.66. The minimum atomic E-state index is -4.58. The van der Waals surface area contributed by atoms with Gasteiger partial charge in [-0.25, -0.2) is 0 Å². The summed E-state index contributed by atoms with van der Waals surface area (Å²) >= 11 is 0. The minimum absolute atomic E-state index is 0.301. The molecule has 0 heterocycles. The summed E-state index contributed by atoms with van der Waals surface area (Å²) in [5.74, 6) is 0. The van der Waals surface area contributed by atoms with Gasteiger partial charge in [0.25, 0.3) is 0 Å². The number of nitrogens with zero attached hydrogens (tertiary/aromatic N) is 1. The predicted octanol–water partition coefficient (Wildman–Crippen LogP) is 3.19. The Hall–Kier alpha value is -1.30. The lowest BCUT2D eigenvalue weighted by Crippen LogP contribution is -2.48. The lowest BCUT2D eigenvalue weighted by atomic mass is 10.1. The first-order valence-corrected chi connectivity index (χ1v) is 12.3. The summed E-state index contributed by atoms with van der Waals surface area (Å²) in [4.78, 5) is 40.9. The molecule has 2 rings (SSSR count). The van der Waals surface area contributed by atoms with E-state index in [-0.39, 0.29) is 0 Å². The Kier molecular flexibility index (Phi) is 7.77. The minimum Gasteiger partial charge on any atom is -0.324 e. The van der Waals surface area contributed by atoms with Crippen LogP contribution < -0.4 is 0 Å². The normalized spacial score (nSPS) is 16.0. The van der Waals surface area contributed by atoms with Gasteiger partial charge >= 0.3 is 15.2 Å². The van der Waals surface area contributed by atoms with Gasteiger partial charge in [0.1, 0.15) is 0 Å². The second kappa shape index (κ2) is 9.47. The molecule has 0 aliphatic carbocycles. The van der Waals surface area contributed by atoms with Gasteiger partial charge in [0.15, 0.2) is 0 Å². The van der Waals surface area contributed by atoms with Gasteiger partial charge < -0.3 is 19.6 Å². The van der Waals surface area contributed by atoms with Crippen LogP contribution in [0.3, 0.4) is 0 Å². The maximum absolute atomic E-state index is 12.0. The molecule has 9 heteroatoms. The monoisotopic (exact) mass is 427 g/mol. The van der Waals surface area contributed by atoms with Crippen LogP contribution in [0.25, 0.3) is 0 Å². The fraction of sp³-hybridized carbons (Fsp3) is 0.368. The zero-order valence-electron chi connectivity index (χ0n) is 15.9. The summed E-state index contributed by atoms with van der Waals surface area (Å²) in [7, 11) is -9.17. The molecule has 0 aliphatic rings. The Morgan fingerprint density at radius 3 is 1.32 bits per heavy atom. The van der Waals surface area contributed by atoms with Crippen molar-refractivity contribution in [3.05, 3.63) is 71.8 Å². The molecule has 0 spiro atoms. The smallest absolute Gasteiger partial charge is 0.324 e. The zero-order valence-corrected chi connectivity index (χ0v) is 17.7. The first kappa shape index (κ1) is 23.0. The molecule has 0 radical (unpaired) electrons. The topological polar surface area (TPSA) is 118 Å². The van der Waals surface area contributed by atoms with Gasteiger partial charge in [0.05, 0.1) is 11.3 Å². The van der Waals surface area contributed by atoms with Gasteiger partial charge in [-0.1, -0.05) is 60.7 Å². The van der Waals surface area contributed by atoms with E-state index < -0.39 is 32.6 Å². The van der Waals surface area contributed by atoms with E-state index in [4.69, 9.17) is 0 Å². The predicted molar refractivity (Wildman–Crippen MR) is 109 cm³/mol. The fourth-order valence-corrected chi connectivity index (χ4v) is 5.14. The summed E-state index contributed by atoms with van der Waals surface area (Å²) in [5.41, 5.74) is -0.719. The third-order valence-electron chi connectivity index (χ3n) is 4.93. The van der Waals surface area contributed by atoms with E-state index in [2.05, 4.69) is 0 Å². The molecule has 7 nitrogen and oxygen atoms in total. The van der Waals surface area contributed by atoms with E-state index in [9.17, 15) is 28.7 Å². The van der Waals surface area contributed by atoms with Crippen LogP contribution in [0.1, 0.15) is 25.0 Å². The van der Waals surface area contributed by atoms with Gasteiger partial charge in [0, 0.05) is 19.1 Å². The molecule has 0 saturated heterocycles. The molecule has 28 heavy (non-hydrogen) atoms. The summed E-state index contributed by atoms with van der Waals surface area (Å²) in [6, 6.07) is 17.6. The molecule has 0 saturated carbocycles. The largest absolute Gasteiger partial charge is 0.329 e. The lowest BCUT2D eigenvalue weighted by molar-refractivity contribution is 0.154. The van der Waals surface area contributed by atoms with E-state index in [1.807, 2.05) is 60.7 Å². The van der Waals surface area contributed by atoms with Gasteiger partial charge in [-0.05, 0) is 25.0 Å². The summed E-state index contributed by atoms with van der Waals surface area (Å²) < 4.78 is 24.1.